The van der Waals surface area contributed by atoms with Crippen LogP contribution in [0, 0.1) is 5.92 Å². The van der Waals surface area contributed by atoms with Crippen LogP contribution < -0.4 is 24.3 Å². The first-order valence-corrected chi connectivity index (χ1v) is 13.1. The van der Waals surface area contributed by atoms with Crippen LogP contribution in [0.15, 0.2) is 78.9 Å². The van der Waals surface area contributed by atoms with Gasteiger partial charge in [-0.25, -0.2) is 0 Å². The Balaban J connectivity index is 2.02. The van der Waals surface area contributed by atoms with E-state index in [9.17, 15) is 14.4 Å². The summed E-state index contributed by atoms with van der Waals surface area (Å²) in [5, 5.41) is 2.89. The highest BCUT2D eigenvalue weighted by Crippen LogP contribution is 2.30. The van der Waals surface area contributed by atoms with Gasteiger partial charge in [-0.15, -0.1) is 0 Å². The average molecular weight is 558 g/mol. The van der Waals surface area contributed by atoms with E-state index in [1.165, 1.54) is 40.6 Å². The number of allylic oxidation sites excluding steroid dienone is 2. The quantitative estimate of drug-likeness (QED) is 0.207. The number of ether oxygens (including phenoxy) is 4. The van der Waals surface area contributed by atoms with Crippen molar-refractivity contribution in [2.24, 2.45) is 5.92 Å². The normalized spacial score (nSPS) is 12.5. The van der Waals surface area contributed by atoms with E-state index < -0.39 is 23.5 Å². The molecule has 0 spiro atoms. The largest absolute Gasteiger partial charge is 0.493 e. The molecule has 214 valence electrons. The molecule has 0 aliphatic rings. The first-order chi connectivity index (χ1) is 19.8. The number of hydrogen-bond acceptors (Lipinski definition) is 7. The van der Waals surface area contributed by atoms with Crippen molar-refractivity contribution in [2.45, 2.75) is 19.4 Å². The minimum Gasteiger partial charge on any atom is -0.493 e. The predicted octanol–water partition coefficient (Wildman–Crippen LogP) is 5.47. The number of rotatable bonds is 14. The van der Waals surface area contributed by atoms with Crippen molar-refractivity contribution < 1.29 is 33.3 Å². The summed E-state index contributed by atoms with van der Waals surface area (Å²) in [5.74, 6) is -0.321. The number of methoxy groups -OCH3 is 4. The minimum absolute atomic E-state index is 0.196. The zero-order valence-corrected chi connectivity index (χ0v) is 23.9. The maximum atomic E-state index is 13.7. The van der Waals surface area contributed by atoms with Gasteiger partial charge in [0.15, 0.2) is 34.6 Å². The van der Waals surface area contributed by atoms with Crippen LogP contribution in [0.3, 0.4) is 0 Å². The smallest absolute Gasteiger partial charge is 0.220 e. The van der Waals surface area contributed by atoms with Gasteiger partial charge in [0.25, 0.3) is 0 Å². The summed E-state index contributed by atoms with van der Waals surface area (Å²) in [6, 6.07) is 18.6. The molecule has 8 heteroatoms. The lowest BCUT2D eigenvalue weighted by Crippen LogP contribution is -2.39. The summed E-state index contributed by atoms with van der Waals surface area (Å²) in [6.07, 6.45) is 6.10. The van der Waals surface area contributed by atoms with E-state index in [2.05, 4.69) is 5.32 Å². The van der Waals surface area contributed by atoms with Crippen molar-refractivity contribution in [1.82, 2.24) is 5.32 Å². The van der Waals surface area contributed by atoms with Crippen LogP contribution in [-0.2, 0) is 14.4 Å². The van der Waals surface area contributed by atoms with Gasteiger partial charge in [-0.2, -0.15) is 0 Å². The first-order valence-electron chi connectivity index (χ1n) is 13.1. The molecule has 1 amide bonds. The maximum absolute atomic E-state index is 13.7. The molecule has 0 saturated carbocycles. The molecule has 3 aromatic rings. The molecule has 0 aliphatic carbocycles. The third-order valence-electron chi connectivity index (χ3n) is 6.44. The number of amides is 1. The number of hydrogen-bond donors (Lipinski definition) is 1. The maximum Gasteiger partial charge on any atom is 0.220 e. The summed E-state index contributed by atoms with van der Waals surface area (Å²) in [7, 11) is 6.13. The predicted molar refractivity (Wildman–Crippen MR) is 158 cm³/mol. The van der Waals surface area contributed by atoms with Crippen molar-refractivity contribution in [3.63, 3.8) is 0 Å². The number of benzene rings is 3. The summed E-state index contributed by atoms with van der Waals surface area (Å²) >= 11 is 0. The molecule has 0 saturated heterocycles. The fourth-order valence-electron chi connectivity index (χ4n) is 4.24. The average Bonchev–Trinajstić information content (AvgIpc) is 3.02. The van der Waals surface area contributed by atoms with Crippen LogP contribution in [0.4, 0.5) is 0 Å². The number of ketones is 2. The zero-order chi connectivity index (χ0) is 29.8. The van der Waals surface area contributed by atoms with E-state index in [4.69, 9.17) is 18.9 Å². The number of carbonyl (C=O) groups excluding carboxylic acids is 3. The van der Waals surface area contributed by atoms with E-state index in [1.54, 1.807) is 79.7 Å². The van der Waals surface area contributed by atoms with Crippen LogP contribution >= 0.6 is 0 Å². The monoisotopic (exact) mass is 557 g/mol. The Morgan fingerprint density at radius 3 is 1.56 bits per heavy atom. The van der Waals surface area contributed by atoms with Crippen LogP contribution in [-0.4, -0.2) is 45.9 Å². The van der Waals surface area contributed by atoms with Crippen LogP contribution in [0.25, 0.3) is 12.2 Å². The van der Waals surface area contributed by atoms with Crippen molar-refractivity contribution in [1.29, 1.82) is 0 Å². The SMILES string of the molecule is CCC(=O)NC(c1ccccc1)C(C(=O)C=Cc1ccc(OC)c(OC)c1)C(=O)C=Cc1ccc(OC)c(OC)c1. The third kappa shape index (κ3) is 8.08. The standard InChI is InChI=1S/C33H35NO7/c1-6-31(37)34-33(24-10-8-7-9-11-24)32(25(35)16-12-22-14-18-27(38-2)29(20-22)40-4)26(36)17-13-23-15-19-28(39-3)30(21-23)41-5/h7-21,32-33H,6H2,1-5H3,(H,34,37). The molecule has 1 N–H and O–H groups in total. The molecule has 0 aliphatic heterocycles. The Bertz CT molecular complexity index is 1330. The second-order valence-electron chi connectivity index (χ2n) is 8.99. The number of nitrogens with one attached hydrogen (secondary N) is 1. The topological polar surface area (TPSA) is 100 Å². The summed E-state index contributed by atoms with van der Waals surface area (Å²) in [5.41, 5.74) is 1.99. The second-order valence-corrected chi connectivity index (χ2v) is 8.99. The molecular formula is C33H35NO7. The van der Waals surface area contributed by atoms with Gasteiger partial charge < -0.3 is 24.3 Å². The first kappa shape index (κ1) is 30.7. The summed E-state index contributed by atoms with van der Waals surface area (Å²) in [6.45, 7) is 1.71. The molecule has 0 aromatic heterocycles. The fourth-order valence-corrected chi connectivity index (χ4v) is 4.24. The highest BCUT2D eigenvalue weighted by atomic mass is 16.5. The Morgan fingerprint density at radius 2 is 1.15 bits per heavy atom. The Hall–Kier alpha value is -4.85. The molecule has 0 bridgehead atoms. The van der Waals surface area contributed by atoms with Crippen molar-refractivity contribution in [3.8, 4) is 23.0 Å². The van der Waals surface area contributed by atoms with Crippen molar-refractivity contribution >= 4 is 29.6 Å². The highest BCUT2D eigenvalue weighted by Gasteiger charge is 2.34. The van der Waals surface area contributed by atoms with Gasteiger partial charge >= 0.3 is 0 Å². The lowest BCUT2D eigenvalue weighted by Gasteiger charge is -2.25. The molecule has 1 atom stereocenters. The van der Waals surface area contributed by atoms with E-state index in [0.29, 0.717) is 39.7 Å². The van der Waals surface area contributed by atoms with Gasteiger partial charge in [0, 0.05) is 6.42 Å². The zero-order valence-electron chi connectivity index (χ0n) is 23.9. The van der Waals surface area contributed by atoms with Gasteiger partial charge in [-0.3, -0.25) is 14.4 Å². The lowest BCUT2D eigenvalue weighted by molar-refractivity contribution is -0.129. The van der Waals surface area contributed by atoms with E-state index in [0.717, 1.165) is 0 Å². The van der Waals surface area contributed by atoms with Gasteiger partial charge in [0.1, 0.15) is 5.92 Å². The van der Waals surface area contributed by atoms with E-state index in [-0.39, 0.29) is 12.3 Å². The highest BCUT2D eigenvalue weighted by molar-refractivity contribution is 6.14. The molecule has 41 heavy (non-hydrogen) atoms. The van der Waals surface area contributed by atoms with Crippen LogP contribution in [0.2, 0.25) is 0 Å². The molecule has 0 fully saturated rings. The van der Waals surface area contributed by atoms with Gasteiger partial charge in [-0.1, -0.05) is 61.5 Å². The van der Waals surface area contributed by atoms with Gasteiger partial charge in [-0.05, 0) is 53.1 Å². The second kappa shape index (κ2) is 15.1. The van der Waals surface area contributed by atoms with Gasteiger partial charge in [0.2, 0.25) is 5.91 Å². The molecule has 1 unspecified atom stereocenters. The van der Waals surface area contributed by atoms with Crippen LogP contribution in [0.5, 0.6) is 23.0 Å². The molecular weight excluding hydrogens is 522 g/mol. The Morgan fingerprint density at radius 1 is 0.683 bits per heavy atom. The molecule has 3 rings (SSSR count). The Labute approximate surface area is 240 Å². The molecule has 0 heterocycles. The van der Waals surface area contributed by atoms with E-state index >= 15 is 0 Å². The molecule has 0 radical (unpaired) electrons. The van der Waals surface area contributed by atoms with E-state index in [1.807, 2.05) is 6.07 Å². The van der Waals surface area contributed by atoms with Crippen molar-refractivity contribution in [3.05, 3.63) is 95.6 Å². The lowest BCUT2D eigenvalue weighted by atomic mass is 9.85. The fraction of sp³-hybridized carbons (Fsp3) is 0.242. The minimum atomic E-state index is -1.22. The molecule has 8 nitrogen and oxygen atoms in total. The van der Waals surface area contributed by atoms with Crippen LogP contribution in [0.1, 0.15) is 36.1 Å². The third-order valence-corrected chi connectivity index (χ3v) is 6.44. The Kier molecular flexibility index (Phi) is 11.3. The van der Waals surface area contributed by atoms with Gasteiger partial charge in [0.05, 0.1) is 34.5 Å². The summed E-state index contributed by atoms with van der Waals surface area (Å²) < 4.78 is 21.3. The molecule has 3 aromatic carbocycles. The van der Waals surface area contributed by atoms with Crippen molar-refractivity contribution in [2.75, 3.05) is 28.4 Å². The summed E-state index contributed by atoms with van der Waals surface area (Å²) in [4.78, 5) is 40.0. The number of carbonyl (C=O) groups is 3.